The number of carboxylic acids is 1. The van der Waals surface area contributed by atoms with E-state index in [1.807, 2.05) is 26.0 Å². The van der Waals surface area contributed by atoms with E-state index in [2.05, 4.69) is 16.8 Å². The normalized spacial score (nSPS) is 10.9. The van der Waals surface area contributed by atoms with E-state index in [1.54, 1.807) is 20.1 Å². The van der Waals surface area contributed by atoms with Gasteiger partial charge in [0.25, 0.3) is 0 Å². The number of pyridine rings is 1. The van der Waals surface area contributed by atoms with Crippen molar-refractivity contribution in [3.63, 3.8) is 0 Å². The van der Waals surface area contributed by atoms with E-state index in [-0.39, 0.29) is 12.2 Å². The lowest BCUT2D eigenvalue weighted by Gasteiger charge is -2.21. The van der Waals surface area contributed by atoms with Crippen LogP contribution < -0.4 is 15.2 Å². The average Bonchev–Trinajstić information content (AvgIpc) is 2.65. The number of nitrogens with zero attached hydrogens (tertiary/aromatic N) is 3. The van der Waals surface area contributed by atoms with Crippen LogP contribution in [-0.4, -0.2) is 37.7 Å². The second-order valence-electron chi connectivity index (χ2n) is 5.39. The van der Waals surface area contributed by atoms with Gasteiger partial charge >= 0.3 is 5.97 Å². The summed E-state index contributed by atoms with van der Waals surface area (Å²) >= 11 is 0. The molecular formula is C18H20BN3O4. The van der Waals surface area contributed by atoms with Crippen molar-refractivity contribution in [2.45, 2.75) is 13.5 Å². The first-order valence-corrected chi connectivity index (χ1v) is 7.89. The Balaban J connectivity index is 2.22. The molecule has 0 atom stereocenters. The third kappa shape index (κ3) is 4.41. The maximum Gasteiger partial charge on any atom is 0.335 e. The second kappa shape index (κ2) is 8.71. The second-order valence-corrected chi connectivity index (χ2v) is 5.39. The number of anilines is 1. The summed E-state index contributed by atoms with van der Waals surface area (Å²) in [4.78, 5) is 15.3. The molecule has 7 nitrogen and oxygen atoms in total. The SMILES string of the molecule is Bc1ccc(CO/C(=C/C)N(N=C)c2cc(C(=O)O)ccn2)c(OC)c1. The molecule has 1 aromatic heterocycles. The summed E-state index contributed by atoms with van der Waals surface area (Å²) in [7, 11) is 3.59. The Kier molecular flexibility index (Phi) is 6.38. The highest BCUT2D eigenvalue weighted by atomic mass is 16.5. The Hall–Kier alpha value is -3.29. The van der Waals surface area contributed by atoms with Crippen LogP contribution in [0.15, 0.2) is 53.6 Å². The minimum absolute atomic E-state index is 0.0966. The van der Waals surface area contributed by atoms with Crippen LogP contribution in [0.5, 0.6) is 5.75 Å². The van der Waals surface area contributed by atoms with Crippen molar-refractivity contribution >= 4 is 31.8 Å². The Bertz CT molecular complexity index is 839. The Morgan fingerprint density at radius 3 is 2.81 bits per heavy atom. The van der Waals surface area contributed by atoms with Gasteiger partial charge in [-0.25, -0.2) is 9.78 Å². The van der Waals surface area contributed by atoms with Gasteiger partial charge in [0.05, 0.1) is 12.7 Å². The summed E-state index contributed by atoms with van der Waals surface area (Å²) in [6.07, 6.45) is 3.09. The lowest BCUT2D eigenvalue weighted by molar-refractivity contribution is 0.0696. The van der Waals surface area contributed by atoms with Gasteiger partial charge in [-0.3, -0.25) is 0 Å². The maximum absolute atomic E-state index is 11.2. The summed E-state index contributed by atoms with van der Waals surface area (Å²) < 4.78 is 11.2. The molecule has 0 bridgehead atoms. The topological polar surface area (TPSA) is 84.2 Å². The van der Waals surface area contributed by atoms with Gasteiger partial charge in [0.15, 0.2) is 5.82 Å². The third-order valence-electron chi connectivity index (χ3n) is 3.62. The van der Waals surface area contributed by atoms with E-state index in [4.69, 9.17) is 14.6 Å². The highest BCUT2D eigenvalue weighted by Gasteiger charge is 2.16. The highest BCUT2D eigenvalue weighted by molar-refractivity contribution is 6.32. The van der Waals surface area contributed by atoms with Gasteiger partial charge in [-0.1, -0.05) is 17.6 Å². The minimum atomic E-state index is -1.05. The van der Waals surface area contributed by atoms with Gasteiger partial charge < -0.3 is 14.6 Å². The predicted molar refractivity (Wildman–Crippen MR) is 103 cm³/mol. The first-order chi connectivity index (χ1) is 12.5. The molecule has 0 radical (unpaired) electrons. The third-order valence-corrected chi connectivity index (χ3v) is 3.62. The summed E-state index contributed by atoms with van der Waals surface area (Å²) in [5.74, 6) is 0.344. The summed E-state index contributed by atoms with van der Waals surface area (Å²) in [5.41, 5.74) is 2.05. The molecule has 0 fully saturated rings. The molecule has 2 aromatic rings. The zero-order valence-electron chi connectivity index (χ0n) is 15.0. The number of methoxy groups -OCH3 is 1. The molecule has 1 aromatic carbocycles. The van der Waals surface area contributed by atoms with Gasteiger partial charge in [0, 0.05) is 18.5 Å². The van der Waals surface area contributed by atoms with Gasteiger partial charge in [-0.05, 0) is 31.2 Å². The van der Waals surface area contributed by atoms with Crippen LogP contribution in [0.3, 0.4) is 0 Å². The molecule has 1 N–H and O–H groups in total. The van der Waals surface area contributed by atoms with Gasteiger partial charge in [-0.2, -0.15) is 10.1 Å². The molecule has 0 spiro atoms. The molecule has 26 heavy (non-hydrogen) atoms. The quantitative estimate of drug-likeness (QED) is 0.336. The monoisotopic (exact) mass is 353 g/mol. The van der Waals surface area contributed by atoms with Crippen LogP contribution in [0, 0.1) is 0 Å². The van der Waals surface area contributed by atoms with E-state index in [0.29, 0.717) is 11.7 Å². The van der Waals surface area contributed by atoms with Gasteiger partial charge in [0.2, 0.25) is 5.88 Å². The van der Waals surface area contributed by atoms with E-state index >= 15 is 0 Å². The van der Waals surface area contributed by atoms with Gasteiger partial charge in [-0.15, -0.1) is 0 Å². The molecule has 0 saturated heterocycles. The number of carboxylic acid groups (broad SMARTS) is 1. The number of aromatic nitrogens is 1. The van der Waals surface area contributed by atoms with E-state index in [9.17, 15) is 4.79 Å². The zero-order valence-corrected chi connectivity index (χ0v) is 15.0. The number of benzene rings is 1. The zero-order chi connectivity index (χ0) is 19.1. The molecular weight excluding hydrogens is 333 g/mol. The first kappa shape index (κ1) is 19.0. The maximum atomic E-state index is 11.2. The van der Waals surface area contributed by atoms with E-state index in [1.165, 1.54) is 23.3 Å². The van der Waals surface area contributed by atoms with Crippen LogP contribution in [0.4, 0.5) is 5.82 Å². The van der Waals surface area contributed by atoms with E-state index in [0.717, 1.165) is 16.8 Å². The van der Waals surface area contributed by atoms with Crippen molar-refractivity contribution in [3.8, 4) is 5.75 Å². The molecule has 0 aliphatic carbocycles. The predicted octanol–water partition coefficient (Wildman–Crippen LogP) is 1.55. The van der Waals surface area contributed by atoms with Crippen LogP contribution in [0.2, 0.25) is 0 Å². The largest absolute Gasteiger partial charge is 0.496 e. The van der Waals surface area contributed by atoms with Crippen molar-refractivity contribution in [2.75, 3.05) is 12.1 Å². The van der Waals surface area contributed by atoms with Crippen LogP contribution in [0.1, 0.15) is 22.8 Å². The summed E-state index contributed by atoms with van der Waals surface area (Å²) in [5, 5.41) is 14.4. The summed E-state index contributed by atoms with van der Waals surface area (Å²) in [6.45, 7) is 5.55. The fraction of sp³-hybridized carbons (Fsp3) is 0.167. The number of aromatic carboxylic acids is 1. The van der Waals surface area contributed by atoms with Crippen LogP contribution >= 0.6 is 0 Å². The molecule has 134 valence electrons. The van der Waals surface area contributed by atoms with Crippen LogP contribution in [0.25, 0.3) is 0 Å². The lowest BCUT2D eigenvalue weighted by atomic mass is 9.95. The Labute approximate surface area is 153 Å². The number of hydrogen-bond acceptors (Lipinski definition) is 6. The number of allylic oxidation sites excluding steroid dienone is 1. The number of rotatable bonds is 8. The molecule has 0 aliphatic rings. The number of ether oxygens (including phenoxy) is 2. The Morgan fingerprint density at radius 1 is 1.42 bits per heavy atom. The average molecular weight is 353 g/mol. The number of carbonyl (C=O) groups is 1. The van der Waals surface area contributed by atoms with Crippen molar-refractivity contribution in [1.29, 1.82) is 0 Å². The van der Waals surface area contributed by atoms with E-state index < -0.39 is 5.97 Å². The summed E-state index contributed by atoms with van der Waals surface area (Å²) in [6, 6.07) is 8.63. The van der Waals surface area contributed by atoms with Crippen molar-refractivity contribution in [3.05, 3.63) is 59.6 Å². The van der Waals surface area contributed by atoms with Crippen LogP contribution in [-0.2, 0) is 11.3 Å². The number of hydrogen-bond donors (Lipinski definition) is 1. The molecule has 0 unspecified atom stereocenters. The molecule has 0 saturated carbocycles. The smallest absolute Gasteiger partial charge is 0.335 e. The molecule has 2 rings (SSSR count). The van der Waals surface area contributed by atoms with Crippen molar-refractivity contribution in [1.82, 2.24) is 4.98 Å². The molecule has 8 heteroatoms. The first-order valence-electron chi connectivity index (χ1n) is 7.89. The fourth-order valence-electron chi connectivity index (χ4n) is 2.31. The molecule has 0 amide bonds. The highest BCUT2D eigenvalue weighted by Crippen LogP contribution is 2.23. The lowest BCUT2D eigenvalue weighted by Crippen LogP contribution is -2.19. The standard InChI is InChI=1S/C18H20BN3O4/c1-4-17(26-11-13-5-6-14(19)10-15(13)25-3)22(20-2)16-9-12(18(23)24)7-8-21-16/h4-10H,2,11,19H2,1,3H3,(H,23,24)/b17-4+. The van der Waals surface area contributed by atoms with Crippen molar-refractivity contribution < 1.29 is 19.4 Å². The van der Waals surface area contributed by atoms with Crippen molar-refractivity contribution in [2.24, 2.45) is 5.10 Å². The molecule has 0 aliphatic heterocycles. The fourth-order valence-corrected chi connectivity index (χ4v) is 2.31. The number of hydrazone groups is 1. The van der Waals surface area contributed by atoms with Gasteiger partial charge in [0.1, 0.15) is 20.2 Å². The molecule has 1 heterocycles. The Morgan fingerprint density at radius 2 is 2.19 bits per heavy atom. The minimum Gasteiger partial charge on any atom is -0.496 e.